The topological polar surface area (TPSA) is 148 Å². The van der Waals surface area contributed by atoms with Crippen molar-refractivity contribution in [3.8, 4) is 0 Å². The number of nitrogens with one attached hydrogen (secondary N) is 3. The van der Waals surface area contributed by atoms with E-state index in [0.29, 0.717) is 0 Å². The van der Waals surface area contributed by atoms with Crippen molar-refractivity contribution < 1.29 is 28.3 Å². The third kappa shape index (κ3) is 6.11. The molecule has 1 atom stereocenters. The Bertz CT molecular complexity index is 1560. The van der Waals surface area contributed by atoms with Gasteiger partial charge in [-0.25, -0.2) is 14.2 Å². The zero-order valence-corrected chi connectivity index (χ0v) is 21.9. The first-order valence-electron chi connectivity index (χ1n) is 12.3. The Hall–Kier alpha value is -4.61. The average molecular weight is 538 g/mol. The molecular formula is C27H28FN5O6. The van der Waals surface area contributed by atoms with E-state index in [-0.39, 0.29) is 52.9 Å². The van der Waals surface area contributed by atoms with Crippen LogP contribution in [0.4, 0.5) is 14.9 Å². The number of alkyl carbamates (subject to hydrolysis) is 1. The summed E-state index contributed by atoms with van der Waals surface area (Å²) >= 11 is 0. The van der Waals surface area contributed by atoms with Crippen LogP contribution >= 0.6 is 0 Å². The minimum absolute atomic E-state index is 0.0131. The van der Waals surface area contributed by atoms with Gasteiger partial charge in [0, 0.05) is 24.1 Å². The van der Waals surface area contributed by atoms with Crippen LogP contribution in [0.1, 0.15) is 61.4 Å². The van der Waals surface area contributed by atoms with Gasteiger partial charge in [-0.05, 0) is 58.4 Å². The minimum atomic E-state index is -0.878. The maximum absolute atomic E-state index is 14.7. The standard InChI is InChI=1S/C27H28FN5O6/c1-14-30-22-17(25(37)33(14)20-10-11-21(34)32-24(20)36)6-5-7-19(22)31-23(35)15-8-9-16(18(28)12-15)13-29-26(38)39-27(2,3)4/h5-9,12,20H,10-11,13H2,1-4H3,(H,29,38)(H,31,35)(H,32,34,36). The molecule has 1 unspecified atom stereocenters. The maximum atomic E-state index is 14.7. The van der Waals surface area contributed by atoms with Gasteiger partial charge in [0.1, 0.15) is 28.8 Å². The number of carbonyl (C=O) groups excluding carboxylic acids is 4. The van der Waals surface area contributed by atoms with Crippen molar-refractivity contribution in [2.24, 2.45) is 0 Å². The summed E-state index contributed by atoms with van der Waals surface area (Å²) < 4.78 is 21.1. The zero-order chi connectivity index (χ0) is 28.5. The van der Waals surface area contributed by atoms with Crippen LogP contribution in [0.25, 0.3) is 10.9 Å². The van der Waals surface area contributed by atoms with Crippen molar-refractivity contribution in [2.75, 3.05) is 5.32 Å². The molecule has 0 bridgehead atoms. The number of hydrogen-bond donors (Lipinski definition) is 3. The Morgan fingerprint density at radius 2 is 1.92 bits per heavy atom. The lowest BCUT2D eigenvalue weighted by Gasteiger charge is -2.24. The summed E-state index contributed by atoms with van der Waals surface area (Å²) in [5.41, 5.74) is -0.582. The third-order valence-corrected chi connectivity index (χ3v) is 6.01. The molecular weight excluding hydrogens is 509 g/mol. The van der Waals surface area contributed by atoms with Crippen molar-refractivity contribution in [1.82, 2.24) is 20.2 Å². The fraction of sp³-hybridized carbons (Fsp3) is 0.333. The molecule has 0 spiro atoms. The molecule has 11 nitrogen and oxygen atoms in total. The van der Waals surface area contributed by atoms with Gasteiger partial charge in [-0.2, -0.15) is 0 Å². The van der Waals surface area contributed by atoms with Gasteiger partial charge in [0.2, 0.25) is 11.8 Å². The SMILES string of the molecule is Cc1nc2c(NC(=O)c3ccc(CNC(=O)OC(C)(C)C)c(F)c3)cccc2c(=O)n1C1CCC(=O)NC1=O. The molecule has 4 rings (SSSR count). The van der Waals surface area contributed by atoms with Crippen molar-refractivity contribution in [3.05, 3.63) is 69.5 Å². The molecule has 1 aliphatic heterocycles. The molecule has 0 aliphatic carbocycles. The molecule has 1 fully saturated rings. The molecule has 2 heterocycles. The predicted molar refractivity (Wildman–Crippen MR) is 140 cm³/mol. The van der Waals surface area contributed by atoms with E-state index < -0.39 is 46.8 Å². The van der Waals surface area contributed by atoms with Crippen LogP contribution in [0.2, 0.25) is 0 Å². The molecule has 1 aromatic heterocycles. The average Bonchev–Trinajstić information content (AvgIpc) is 2.84. The molecule has 12 heteroatoms. The van der Waals surface area contributed by atoms with Crippen LogP contribution in [-0.2, 0) is 20.9 Å². The lowest BCUT2D eigenvalue weighted by Crippen LogP contribution is -2.45. The van der Waals surface area contributed by atoms with Gasteiger partial charge in [-0.3, -0.25) is 29.1 Å². The lowest BCUT2D eigenvalue weighted by atomic mass is 10.1. The summed E-state index contributed by atoms with van der Waals surface area (Å²) in [5, 5.41) is 7.53. The van der Waals surface area contributed by atoms with E-state index in [0.717, 1.165) is 6.07 Å². The summed E-state index contributed by atoms with van der Waals surface area (Å²) in [6, 6.07) is 7.58. The third-order valence-electron chi connectivity index (χ3n) is 6.01. The molecule has 0 radical (unpaired) electrons. The minimum Gasteiger partial charge on any atom is -0.444 e. The molecule has 2 aromatic carbocycles. The van der Waals surface area contributed by atoms with Gasteiger partial charge in [-0.15, -0.1) is 0 Å². The number of benzene rings is 2. The van der Waals surface area contributed by atoms with Crippen molar-refractivity contribution in [2.45, 2.75) is 58.7 Å². The second-order valence-corrected chi connectivity index (χ2v) is 10.1. The number of nitrogens with zero attached hydrogens (tertiary/aromatic N) is 2. The summed E-state index contributed by atoms with van der Waals surface area (Å²) in [5.74, 6) is -2.07. The van der Waals surface area contributed by atoms with E-state index in [2.05, 4.69) is 20.9 Å². The predicted octanol–water partition coefficient (Wildman–Crippen LogP) is 3.10. The molecule has 4 amide bonds. The van der Waals surface area contributed by atoms with Gasteiger partial charge < -0.3 is 15.4 Å². The van der Waals surface area contributed by atoms with E-state index in [9.17, 15) is 28.4 Å². The number of piperidine rings is 1. The first kappa shape index (κ1) is 27.4. The Balaban J connectivity index is 1.55. The monoisotopic (exact) mass is 537 g/mol. The lowest BCUT2D eigenvalue weighted by molar-refractivity contribution is -0.135. The normalized spacial score (nSPS) is 15.6. The molecule has 0 saturated carbocycles. The number of ether oxygens (including phenoxy) is 1. The van der Waals surface area contributed by atoms with Crippen LogP contribution in [0, 0.1) is 12.7 Å². The van der Waals surface area contributed by atoms with Gasteiger partial charge in [0.25, 0.3) is 11.5 Å². The molecule has 3 aromatic rings. The molecule has 1 aliphatic rings. The number of hydrogen-bond acceptors (Lipinski definition) is 7. The molecule has 204 valence electrons. The number of carbonyl (C=O) groups is 4. The van der Waals surface area contributed by atoms with Gasteiger partial charge in [0.05, 0.1) is 11.1 Å². The van der Waals surface area contributed by atoms with Crippen LogP contribution < -0.4 is 21.5 Å². The van der Waals surface area contributed by atoms with Crippen LogP contribution in [-0.4, -0.2) is 39.0 Å². The summed E-state index contributed by atoms with van der Waals surface area (Å²) in [6.07, 6.45) is -0.425. The van der Waals surface area contributed by atoms with Crippen molar-refractivity contribution in [1.29, 1.82) is 0 Å². The Labute approximate surface area is 222 Å². The summed E-state index contributed by atoms with van der Waals surface area (Å²) in [6.45, 7) is 6.56. The van der Waals surface area contributed by atoms with E-state index >= 15 is 0 Å². The van der Waals surface area contributed by atoms with Gasteiger partial charge >= 0.3 is 6.09 Å². The number of imide groups is 1. The maximum Gasteiger partial charge on any atom is 0.407 e. The number of rotatable bonds is 5. The number of fused-ring (bicyclic) bond motifs is 1. The van der Waals surface area contributed by atoms with E-state index in [1.54, 1.807) is 39.8 Å². The number of amides is 4. The van der Waals surface area contributed by atoms with E-state index in [4.69, 9.17) is 4.74 Å². The van der Waals surface area contributed by atoms with Crippen molar-refractivity contribution >= 4 is 40.4 Å². The molecule has 3 N–H and O–H groups in total. The number of halogens is 1. The molecule has 39 heavy (non-hydrogen) atoms. The Morgan fingerprint density at radius 3 is 2.59 bits per heavy atom. The van der Waals surface area contributed by atoms with Gasteiger partial charge in [-0.1, -0.05) is 12.1 Å². The Kier molecular flexibility index (Phi) is 7.48. The highest BCUT2D eigenvalue weighted by atomic mass is 19.1. The van der Waals surface area contributed by atoms with Crippen molar-refractivity contribution in [3.63, 3.8) is 0 Å². The number of anilines is 1. The zero-order valence-electron chi connectivity index (χ0n) is 21.9. The first-order chi connectivity index (χ1) is 18.3. The summed E-state index contributed by atoms with van der Waals surface area (Å²) in [7, 11) is 0. The quantitative estimate of drug-likeness (QED) is 0.424. The second kappa shape index (κ2) is 10.6. The van der Waals surface area contributed by atoms with E-state index in [1.807, 2.05) is 0 Å². The number of aromatic nitrogens is 2. The summed E-state index contributed by atoms with van der Waals surface area (Å²) in [4.78, 5) is 66.4. The first-order valence-corrected chi connectivity index (χ1v) is 12.3. The highest BCUT2D eigenvalue weighted by Crippen LogP contribution is 2.24. The fourth-order valence-electron chi connectivity index (χ4n) is 4.23. The van der Waals surface area contributed by atoms with Crippen LogP contribution in [0.5, 0.6) is 0 Å². The van der Waals surface area contributed by atoms with Gasteiger partial charge in [0.15, 0.2) is 0 Å². The smallest absolute Gasteiger partial charge is 0.407 e. The molecule has 1 saturated heterocycles. The van der Waals surface area contributed by atoms with E-state index in [1.165, 1.54) is 22.8 Å². The Morgan fingerprint density at radius 1 is 1.18 bits per heavy atom. The fourth-order valence-corrected chi connectivity index (χ4v) is 4.23. The number of aryl methyl sites for hydroxylation is 1. The number of para-hydroxylation sites is 1. The largest absolute Gasteiger partial charge is 0.444 e. The van der Waals surface area contributed by atoms with Crippen LogP contribution in [0.3, 0.4) is 0 Å². The van der Waals surface area contributed by atoms with Crippen LogP contribution in [0.15, 0.2) is 41.2 Å². The highest BCUT2D eigenvalue weighted by Gasteiger charge is 2.30. The highest BCUT2D eigenvalue weighted by molar-refractivity contribution is 6.08. The second-order valence-electron chi connectivity index (χ2n) is 10.1.